The molecule has 4 nitrogen and oxygen atoms in total. The van der Waals surface area contributed by atoms with Crippen molar-refractivity contribution in [2.45, 2.75) is 125 Å². The Labute approximate surface area is 297 Å². The normalized spacial score (nSPS) is 12.4. The minimum Gasteiger partial charge on any atom is -0.875 e. The third-order valence-corrected chi connectivity index (χ3v) is 12.5. The second-order valence-corrected chi connectivity index (χ2v) is 21.6. The Morgan fingerprint density at radius 3 is 0.690 bits per heavy atom. The first-order valence-electron chi connectivity index (χ1n) is 15.3. The molecule has 0 aromatic rings. The second-order valence-electron chi connectivity index (χ2n) is 14.4. The molecule has 0 amide bonds. The van der Waals surface area contributed by atoms with E-state index in [1.807, 2.05) is 83.1 Å². The molecule has 0 heterocycles. The summed E-state index contributed by atoms with van der Waals surface area (Å²) in [6.07, 6.45) is 11.2. The number of ketones is 2. The fraction of sp³-hybridized carbons (Fsp3) is 0.824. The Bertz CT molecular complexity index is 668. The Kier molecular flexibility index (Phi) is 35.4. The van der Waals surface area contributed by atoms with Crippen LogP contribution in [0.25, 0.3) is 0 Å². The van der Waals surface area contributed by atoms with Gasteiger partial charge < -0.3 is 10.2 Å². The predicted octanol–water partition coefficient (Wildman–Crippen LogP) is 8.30. The molecule has 0 aromatic heterocycles. The fourth-order valence-corrected chi connectivity index (χ4v) is 5.60. The van der Waals surface area contributed by atoms with Gasteiger partial charge in [-0.15, -0.1) is 11.5 Å². The van der Waals surface area contributed by atoms with Crippen LogP contribution < -0.4 is 10.2 Å². The van der Waals surface area contributed by atoms with Crippen molar-refractivity contribution < 1.29 is 64.6 Å². The summed E-state index contributed by atoms with van der Waals surface area (Å²) in [5.74, 6) is -0.417. The van der Waals surface area contributed by atoms with Crippen LogP contribution in [-0.4, -0.2) is 48.5 Å². The minimum atomic E-state index is -0.457. The number of rotatable bonds is 8. The van der Waals surface area contributed by atoms with Crippen LogP contribution in [0.1, 0.15) is 125 Å². The first kappa shape index (κ1) is 55.2. The molecule has 0 saturated carbocycles. The van der Waals surface area contributed by atoms with Gasteiger partial charge in [0.2, 0.25) is 0 Å². The molecule has 0 N–H and O–H groups in total. The predicted molar refractivity (Wildman–Crippen MR) is 184 cm³/mol. The summed E-state index contributed by atoms with van der Waals surface area (Å²) in [5.41, 5.74) is -1.83. The van der Waals surface area contributed by atoms with Crippen molar-refractivity contribution in [2.24, 2.45) is 21.7 Å². The van der Waals surface area contributed by atoms with Crippen molar-refractivity contribution in [2.75, 3.05) is 37.0 Å². The van der Waals surface area contributed by atoms with Crippen LogP contribution >= 0.6 is 15.8 Å². The Morgan fingerprint density at radius 2 is 0.619 bits per heavy atom. The summed E-state index contributed by atoms with van der Waals surface area (Å²) in [6, 6.07) is 0. The smallest absolute Gasteiger partial charge is 0.875 e. The van der Waals surface area contributed by atoms with Gasteiger partial charge in [0.05, 0.1) is 37.0 Å². The summed E-state index contributed by atoms with van der Waals surface area (Å²) in [4.78, 5) is 22.9. The van der Waals surface area contributed by atoms with Crippen LogP contribution in [-0.2, 0) is 54.3 Å². The molecule has 0 atom stereocenters. The number of carbonyl (C=O) groups is 2. The number of carbonyl (C=O) groups excluding carboxylic acids is 2. The Balaban J connectivity index is -0.000000105. The molecule has 0 aliphatic heterocycles. The van der Waals surface area contributed by atoms with Crippen LogP contribution in [0.2, 0.25) is 0 Å². The molecule has 260 valence electrons. The van der Waals surface area contributed by atoms with E-state index in [2.05, 4.69) is 41.5 Å². The van der Waals surface area contributed by atoms with E-state index in [0.29, 0.717) is 0 Å². The van der Waals surface area contributed by atoms with Gasteiger partial charge in [0.15, 0.2) is 11.6 Å². The zero-order valence-electron chi connectivity index (χ0n) is 30.6. The molecular weight excluding hydrogens is 750 g/mol. The third-order valence-electron chi connectivity index (χ3n) is 6.48. The largest absolute Gasteiger partial charge is 1.00 e. The summed E-state index contributed by atoms with van der Waals surface area (Å²) in [7, 11) is 0.275. The molecule has 0 unspecified atom stereocenters. The summed E-state index contributed by atoms with van der Waals surface area (Å²) in [6.45, 7) is 35.5. The van der Waals surface area contributed by atoms with Crippen molar-refractivity contribution in [1.29, 1.82) is 0 Å². The SMILES string of the molecule is CC(C)(C)C(=O)/C=C(\[O-])C(C)(C)C.CC(C)(C)C(=O)/C=C(\[O-])C(C)(C)C.CC[PH+](CC)CC.CC[PH+](CC)CC.[Ag+].[Ag+]. The number of hydrogen-bond donors (Lipinski definition) is 0. The maximum Gasteiger partial charge on any atom is 1.00 e. The van der Waals surface area contributed by atoms with Gasteiger partial charge >= 0.3 is 44.8 Å². The minimum absolute atomic E-state index is 0. The topological polar surface area (TPSA) is 80.3 Å². The standard InChI is InChI=1S/2C11H20O2.2C6H15P.2Ag/c2*1-10(2,3)8(12)7-9(13)11(4,5)6;2*1-4-7(5-2)6-3;;/h2*7,12H,1-6H3;2*4-6H2,1-3H3;;/q;;;;2*+1/b2*8-7-;;;;. The van der Waals surface area contributed by atoms with Gasteiger partial charge in [0.1, 0.15) is 0 Å². The van der Waals surface area contributed by atoms with Crippen molar-refractivity contribution >= 4 is 27.4 Å². The van der Waals surface area contributed by atoms with Crippen LogP contribution in [0.15, 0.2) is 23.7 Å². The molecule has 0 aliphatic carbocycles. The van der Waals surface area contributed by atoms with Crippen LogP contribution in [0, 0.1) is 21.7 Å². The second kappa shape index (κ2) is 26.9. The molecule has 0 radical (unpaired) electrons. The summed E-state index contributed by atoms with van der Waals surface area (Å²) in [5, 5.41) is 22.9. The quantitative estimate of drug-likeness (QED) is 0.107. The van der Waals surface area contributed by atoms with Gasteiger partial charge in [-0.05, 0) is 80.4 Å². The third kappa shape index (κ3) is 32.2. The van der Waals surface area contributed by atoms with Gasteiger partial charge in [0, 0.05) is 10.8 Å². The Hall–Kier alpha value is 0.761. The van der Waals surface area contributed by atoms with E-state index in [1.165, 1.54) is 49.1 Å². The number of allylic oxidation sites excluding steroid dienone is 4. The maximum atomic E-state index is 11.4. The van der Waals surface area contributed by atoms with E-state index in [4.69, 9.17) is 0 Å². The summed E-state index contributed by atoms with van der Waals surface area (Å²) >= 11 is 0. The average Bonchev–Trinajstić information content (AvgIpc) is 2.80. The van der Waals surface area contributed by atoms with Crippen molar-refractivity contribution in [1.82, 2.24) is 0 Å². The molecule has 0 saturated heterocycles. The van der Waals surface area contributed by atoms with Gasteiger partial charge in [-0.3, -0.25) is 9.59 Å². The van der Waals surface area contributed by atoms with Crippen molar-refractivity contribution in [3.8, 4) is 0 Å². The van der Waals surface area contributed by atoms with E-state index in [9.17, 15) is 19.8 Å². The summed E-state index contributed by atoms with van der Waals surface area (Å²) < 4.78 is 0. The van der Waals surface area contributed by atoms with E-state index >= 15 is 0 Å². The van der Waals surface area contributed by atoms with Crippen molar-refractivity contribution in [3.63, 3.8) is 0 Å². The van der Waals surface area contributed by atoms with E-state index in [0.717, 1.165) is 0 Å². The van der Waals surface area contributed by atoms with Gasteiger partial charge in [0.25, 0.3) is 0 Å². The average molecular weight is 821 g/mol. The van der Waals surface area contributed by atoms with Gasteiger partial charge in [-0.1, -0.05) is 83.1 Å². The van der Waals surface area contributed by atoms with Crippen molar-refractivity contribution in [3.05, 3.63) is 23.7 Å². The Morgan fingerprint density at radius 1 is 0.452 bits per heavy atom. The molecule has 0 rings (SSSR count). The van der Waals surface area contributed by atoms with E-state index in [1.54, 1.807) is 0 Å². The monoisotopic (exact) mass is 818 g/mol. The fourth-order valence-electron chi connectivity index (χ4n) is 2.60. The van der Waals surface area contributed by atoms with Crippen LogP contribution in [0.4, 0.5) is 0 Å². The molecule has 42 heavy (non-hydrogen) atoms. The van der Waals surface area contributed by atoms with Gasteiger partial charge in [-0.25, -0.2) is 0 Å². The maximum absolute atomic E-state index is 11.4. The zero-order valence-corrected chi connectivity index (χ0v) is 35.6. The molecule has 0 bridgehead atoms. The molecule has 8 heteroatoms. The molecular formula is C34H70Ag2O4P2+2. The molecule has 0 fully saturated rings. The van der Waals surface area contributed by atoms with E-state index < -0.39 is 21.7 Å². The van der Waals surface area contributed by atoms with Gasteiger partial charge in [-0.2, -0.15) is 0 Å². The first-order chi connectivity index (χ1) is 17.8. The van der Waals surface area contributed by atoms with E-state index in [-0.39, 0.29) is 83.7 Å². The number of hydrogen-bond acceptors (Lipinski definition) is 4. The van der Waals surface area contributed by atoms with Crippen LogP contribution in [0.3, 0.4) is 0 Å². The molecule has 0 aliphatic rings. The van der Waals surface area contributed by atoms with Crippen LogP contribution in [0.5, 0.6) is 0 Å². The molecule has 0 aromatic carbocycles. The zero-order chi connectivity index (χ0) is 33.1. The molecule has 0 spiro atoms. The first-order valence-corrected chi connectivity index (χ1v) is 19.6.